The molecule has 0 bridgehead atoms. The lowest BCUT2D eigenvalue weighted by Gasteiger charge is -2.35. The predicted octanol–water partition coefficient (Wildman–Crippen LogP) is 2.85. The molecule has 0 unspecified atom stereocenters. The van der Waals surface area contributed by atoms with Gasteiger partial charge >= 0.3 is 0 Å². The maximum atomic E-state index is 5.69. The Hall–Kier alpha value is -1.26. The van der Waals surface area contributed by atoms with Crippen molar-refractivity contribution in [3.05, 3.63) is 24.3 Å². The molecule has 0 atom stereocenters. The molecule has 2 fully saturated rings. The Labute approximate surface area is 121 Å². The number of hydrogen-bond acceptors (Lipinski definition) is 4. The first-order chi connectivity index (χ1) is 9.62. The van der Waals surface area contributed by atoms with E-state index in [-0.39, 0.29) is 6.04 Å². The molecule has 1 aromatic rings. The molecule has 4 heteroatoms. The molecule has 2 aliphatic heterocycles. The summed E-state index contributed by atoms with van der Waals surface area (Å²) < 4.78 is 11.4. The van der Waals surface area contributed by atoms with Gasteiger partial charge in [-0.05, 0) is 44.9 Å². The van der Waals surface area contributed by atoms with Crippen LogP contribution in [0, 0.1) is 0 Å². The van der Waals surface area contributed by atoms with E-state index in [1.54, 1.807) is 0 Å². The summed E-state index contributed by atoms with van der Waals surface area (Å²) in [4.78, 5) is 2.45. The fraction of sp³-hybridized carbons (Fsp3) is 0.625. The Morgan fingerprint density at radius 2 is 1.85 bits per heavy atom. The van der Waals surface area contributed by atoms with E-state index in [2.05, 4.69) is 34.5 Å². The first-order valence-corrected chi connectivity index (χ1v) is 7.52. The van der Waals surface area contributed by atoms with Crippen molar-refractivity contribution in [2.45, 2.75) is 38.5 Å². The largest absolute Gasteiger partial charge is 0.378 e. The zero-order valence-corrected chi connectivity index (χ0v) is 12.4. The van der Waals surface area contributed by atoms with Crippen molar-refractivity contribution in [2.75, 3.05) is 36.5 Å². The van der Waals surface area contributed by atoms with Gasteiger partial charge in [0, 0.05) is 24.5 Å². The van der Waals surface area contributed by atoms with Crippen LogP contribution < -0.4 is 10.2 Å². The molecule has 110 valence electrons. The number of ether oxygens (including phenoxy) is 2. The highest BCUT2D eigenvalue weighted by Gasteiger charge is 2.28. The van der Waals surface area contributed by atoms with Gasteiger partial charge < -0.3 is 19.7 Å². The Bertz CT molecular complexity index is 446. The van der Waals surface area contributed by atoms with Gasteiger partial charge in [0.25, 0.3) is 0 Å². The minimum absolute atomic E-state index is 0.219. The highest BCUT2D eigenvalue weighted by atomic mass is 16.7. The third-order valence-corrected chi connectivity index (χ3v) is 3.95. The van der Waals surface area contributed by atoms with Crippen molar-refractivity contribution < 1.29 is 9.47 Å². The van der Waals surface area contributed by atoms with Gasteiger partial charge in [0.1, 0.15) is 0 Å². The lowest BCUT2D eigenvalue weighted by molar-refractivity contribution is -0.247. The van der Waals surface area contributed by atoms with E-state index in [4.69, 9.17) is 9.47 Å². The van der Waals surface area contributed by atoms with Crippen molar-refractivity contribution in [2.24, 2.45) is 0 Å². The topological polar surface area (TPSA) is 33.7 Å². The molecule has 0 saturated carbocycles. The van der Waals surface area contributed by atoms with Crippen LogP contribution in [-0.2, 0) is 9.47 Å². The summed E-state index contributed by atoms with van der Waals surface area (Å²) in [5, 5.41) is 3.51. The number of nitrogens with one attached hydrogen (secondary N) is 1. The third-order valence-electron chi connectivity index (χ3n) is 3.95. The lowest BCUT2D eigenvalue weighted by Crippen LogP contribution is -2.45. The zero-order chi connectivity index (χ0) is 14.0. The van der Waals surface area contributed by atoms with Gasteiger partial charge in [-0.3, -0.25) is 0 Å². The van der Waals surface area contributed by atoms with Gasteiger partial charge in [-0.1, -0.05) is 6.07 Å². The van der Waals surface area contributed by atoms with Gasteiger partial charge in [0.15, 0.2) is 5.79 Å². The van der Waals surface area contributed by atoms with Crippen molar-refractivity contribution >= 4 is 11.4 Å². The molecule has 1 N–H and O–H groups in total. The summed E-state index contributed by atoms with van der Waals surface area (Å²) in [6.07, 6.45) is 2.61. The second-order valence-corrected chi connectivity index (χ2v) is 6.11. The van der Waals surface area contributed by atoms with Gasteiger partial charge in [-0.2, -0.15) is 0 Å². The van der Waals surface area contributed by atoms with Crippen LogP contribution in [0.1, 0.15) is 26.7 Å². The van der Waals surface area contributed by atoms with E-state index in [9.17, 15) is 0 Å². The van der Waals surface area contributed by atoms with Crippen molar-refractivity contribution in [3.63, 3.8) is 0 Å². The molecule has 3 rings (SSSR count). The third kappa shape index (κ3) is 3.25. The molecular formula is C16H24N2O2. The van der Waals surface area contributed by atoms with E-state index in [0.717, 1.165) is 5.69 Å². The Morgan fingerprint density at radius 1 is 1.15 bits per heavy atom. The molecule has 4 nitrogen and oxygen atoms in total. The summed E-state index contributed by atoms with van der Waals surface area (Å²) in [6.45, 7) is 7.62. The zero-order valence-electron chi connectivity index (χ0n) is 12.4. The lowest BCUT2D eigenvalue weighted by atomic mass is 10.2. The van der Waals surface area contributed by atoms with Crippen LogP contribution in [0.3, 0.4) is 0 Å². The first kappa shape index (κ1) is 13.7. The quantitative estimate of drug-likeness (QED) is 0.920. The molecule has 0 spiro atoms. The highest BCUT2D eigenvalue weighted by molar-refractivity contribution is 5.58. The van der Waals surface area contributed by atoms with Crippen molar-refractivity contribution in [1.29, 1.82) is 0 Å². The molecule has 1 aromatic carbocycles. The maximum Gasteiger partial charge on any atom is 0.162 e. The number of hydrogen-bond donors (Lipinski definition) is 1. The Balaban J connectivity index is 1.61. The molecule has 0 radical (unpaired) electrons. The summed E-state index contributed by atoms with van der Waals surface area (Å²) in [5.74, 6) is -0.449. The molecule has 2 saturated heterocycles. The fourth-order valence-electron chi connectivity index (χ4n) is 2.78. The predicted molar refractivity (Wildman–Crippen MR) is 81.3 cm³/mol. The molecule has 0 aromatic heterocycles. The Morgan fingerprint density at radius 3 is 2.55 bits per heavy atom. The van der Waals surface area contributed by atoms with E-state index in [0.29, 0.717) is 13.2 Å². The van der Waals surface area contributed by atoms with Crippen molar-refractivity contribution in [1.82, 2.24) is 0 Å². The van der Waals surface area contributed by atoms with Crippen LogP contribution in [0.2, 0.25) is 0 Å². The normalized spacial score (nSPS) is 23.0. The van der Waals surface area contributed by atoms with Crippen LogP contribution in [-0.4, -0.2) is 38.1 Å². The molecule has 2 aliphatic rings. The monoisotopic (exact) mass is 276 g/mol. The average Bonchev–Trinajstić information content (AvgIpc) is 2.96. The maximum absolute atomic E-state index is 5.69. The summed E-state index contributed by atoms with van der Waals surface area (Å²) in [6, 6.07) is 8.86. The van der Waals surface area contributed by atoms with Crippen LogP contribution in [0.4, 0.5) is 11.4 Å². The van der Waals surface area contributed by atoms with Crippen LogP contribution >= 0.6 is 0 Å². The highest BCUT2D eigenvalue weighted by Crippen LogP contribution is 2.25. The van der Waals surface area contributed by atoms with Crippen LogP contribution in [0.25, 0.3) is 0 Å². The first-order valence-electron chi connectivity index (χ1n) is 7.52. The van der Waals surface area contributed by atoms with E-state index < -0.39 is 5.79 Å². The van der Waals surface area contributed by atoms with Crippen molar-refractivity contribution in [3.8, 4) is 0 Å². The molecular weight excluding hydrogens is 252 g/mol. The van der Waals surface area contributed by atoms with Gasteiger partial charge in [-0.25, -0.2) is 0 Å². The number of rotatable bonds is 3. The summed E-state index contributed by atoms with van der Waals surface area (Å²) in [7, 11) is 0. The summed E-state index contributed by atoms with van der Waals surface area (Å²) >= 11 is 0. The molecule has 0 aliphatic carbocycles. The van der Waals surface area contributed by atoms with Crippen LogP contribution in [0.15, 0.2) is 24.3 Å². The van der Waals surface area contributed by atoms with E-state index >= 15 is 0 Å². The number of benzene rings is 1. The molecule has 2 heterocycles. The van der Waals surface area contributed by atoms with Gasteiger partial charge in [-0.15, -0.1) is 0 Å². The van der Waals surface area contributed by atoms with Gasteiger partial charge in [0.05, 0.1) is 19.3 Å². The van der Waals surface area contributed by atoms with Gasteiger partial charge in [0.2, 0.25) is 0 Å². The fourth-order valence-corrected chi connectivity index (χ4v) is 2.78. The number of anilines is 2. The van der Waals surface area contributed by atoms with E-state index in [1.807, 2.05) is 13.8 Å². The average molecular weight is 276 g/mol. The standard InChI is InChI=1S/C16H24N2O2/c1-16(2)19-11-14(12-20-16)17-13-6-5-7-15(10-13)18-8-3-4-9-18/h5-7,10,14,17H,3-4,8-9,11-12H2,1-2H3. The SMILES string of the molecule is CC1(C)OCC(Nc2cccc(N3CCCC3)c2)CO1. The second-order valence-electron chi connectivity index (χ2n) is 6.11. The minimum atomic E-state index is -0.449. The second kappa shape index (κ2) is 5.62. The van der Waals surface area contributed by atoms with Crippen LogP contribution in [0.5, 0.6) is 0 Å². The molecule has 0 amide bonds. The summed E-state index contributed by atoms with van der Waals surface area (Å²) in [5.41, 5.74) is 2.46. The smallest absolute Gasteiger partial charge is 0.162 e. The molecule has 20 heavy (non-hydrogen) atoms. The number of nitrogens with zero attached hydrogens (tertiary/aromatic N) is 1. The van der Waals surface area contributed by atoms with E-state index in [1.165, 1.54) is 31.6 Å². The Kier molecular flexibility index (Phi) is 3.85. The minimum Gasteiger partial charge on any atom is -0.378 e.